The number of thiophene rings is 1. The second-order valence-electron chi connectivity index (χ2n) is 7.39. The lowest BCUT2D eigenvalue weighted by Gasteiger charge is -2.36. The van der Waals surface area contributed by atoms with Gasteiger partial charge in [0, 0.05) is 4.88 Å². The first kappa shape index (κ1) is 17.4. The first-order valence-corrected chi connectivity index (χ1v) is 9.29. The molecule has 1 aromatic rings. The Kier molecular flexibility index (Phi) is 4.18. The van der Waals surface area contributed by atoms with Gasteiger partial charge in [-0.2, -0.15) is 0 Å². The Bertz CT molecular complexity index is 646. The van der Waals surface area contributed by atoms with E-state index in [1.807, 2.05) is 45.2 Å². The third kappa shape index (κ3) is 3.34. The zero-order valence-corrected chi connectivity index (χ0v) is 15.5. The standard InChI is InChI=1S/C17H23NO6S/c1-16(2)21-10-11(22-16)13-15(24-17(3,4)23-13)20-12(10)14(19)18-8-9-6-5-7-25-9/h5-7,10-13,15H,8H2,1-4H3,(H,18,19)/t10-,11-,12-,13-,15+/m1/s1. The van der Waals surface area contributed by atoms with Gasteiger partial charge in [-0.25, -0.2) is 0 Å². The summed E-state index contributed by atoms with van der Waals surface area (Å²) in [5.41, 5.74) is 0. The minimum absolute atomic E-state index is 0.239. The van der Waals surface area contributed by atoms with Crippen LogP contribution in [0.5, 0.6) is 0 Å². The lowest BCUT2D eigenvalue weighted by atomic mass is 9.98. The Morgan fingerprint density at radius 3 is 2.48 bits per heavy atom. The molecule has 0 radical (unpaired) electrons. The molecular weight excluding hydrogens is 346 g/mol. The largest absolute Gasteiger partial charge is 0.349 e. The number of carbonyl (C=O) groups is 1. The van der Waals surface area contributed by atoms with Gasteiger partial charge in [0.2, 0.25) is 0 Å². The van der Waals surface area contributed by atoms with Crippen LogP contribution in [-0.2, 0) is 35.0 Å². The average Bonchev–Trinajstić information content (AvgIpc) is 3.19. The summed E-state index contributed by atoms with van der Waals surface area (Å²) in [5, 5.41) is 4.88. The number of hydrogen-bond acceptors (Lipinski definition) is 7. The Morgan fingerprint density at radius 2 is 1.76 bits per heavy atom. The van der Waals surface area contributed by atoms with Gasteiger partial charge in [0.05, 0.1) is 6.54 Å². The van der Waals surface area contributed by atoms with Crippen LogP contribution in [0.15, 0.2) is 17.5 Å². The van der Waals surface area contributed by atoms with Crippen molar-refractivity contribution in [3.8, 4) is 0 Å². The van der Waals surface area contributed by atoms with Crippen LogP contribution >= 0.6 is 11.3 Å². The maximum absolute atomic E-state index is 12.7. The van der Waals surface area contributed by atoms with Crippen molar-refractivity contribution in [2.45, 2.75) is 76.5 Å². The van der Waals surface area contributed by atoms with Crippen LogP contribution in [0.4, 0.5) is 0 Å². The summed E-state index contributed by atoms with van der Waals surface area (Å²) in [7, 11) is 0. The molecule has 3 aliphatic rings. The van der Waals surface area contributed by atoms with E-state index >= 15 is 0 Å². The van der Waals surface area contributed by atoms with Crippen LogP contribution in [-0.4, -0.2) is 48.2 Å². The summed E-state index contributed by atoms with van der Waals surface area (Å²) < 4.78 is 29.6. The number of amides is 1. The zero-order chi connectivity index (χ0) is 17.8. The summed E-state index contributed by atoms with van der Waals surface area (Å²) in [6.45, 7) is 7.73. The van der Waals surface area contributed by atoms with Crippen LogP contribution in [0, 0.1) is 0 Å². The highest BCUT2D eigenvalue weighted by Gasteiger charge is 2.62. The first-order chi connectivity index (χ1) is 11.7. The molecule has 0 unspecified atom stereocenters. The van der Waals surface area contributed by atoms with Gasteiger partial charge in [-0.3, -0.25) is 4.79 Å². The predicted octanol–water partition coefficient (Wildman–Crippen LogP) is 1.76. The van der Waals surface area contributed by atoms with Crippen molar-refractivity contribution >= 4 is 17.2 Å². The summed E-state index contributed by atoms with van der Waals surface area (Å²) in [4.78, 5) is 13.8. The molecule has 3 fully saturated rings. The van der Waals surface area contributed by atoms with Gasteiger partial charge in [0.25, 0.3) is 5.91 Å². The van der Waals surface area contributed by atoms with Crippen molar-refractivity contribution in [3.63, 3.8) is 0 Å². The maximum Gasteiger partial charge on any atom is 0.252 e. The van der Waals surface area contributed by atoms with E-state index in [1.54, 1.807) is 11.3 Å². The van der Waals surface area contributed by atoms with Crippen molar-refractivity contribution in [1.29, 1.82) is 0 Å². The molecule has 4 heterocycles. The van der Waals surface area contributed by atoms with Gasteiger partial charge in [0.15, 0.2) is 24.0 Å². The molecule has 7 nitrogen and oxygen atoms in total. The Morgan fingerprint density at radius 1 is 1.08 bits per heavy atom. The summed E-state index contributed by atoms with van der Waals surface area (Å²) in [6, 6.07) is 3.92. The van der Waals surface area contributed by atoms with Gasteiger partial charge in [0.1, 0.15) is 18.3 Å². The predicted molar refractivity (Wildman–Crippen MR) is 88.7 cm³/mol. The third-order valence-electron chi connectivity index (χ3n) is 4.43. The number of ether oxygens (including phenoxy) is 5. The lowest BCUT2D eigenvalue weighted by Crippen LogP contribution is -2.59. The second-order valence-corrected chi connectivity index (χ2v) is 8.42. The molecule has 3 saturated heterocycles. The molecule has 1 aromatic heterocycles. The van der Waals surface area contributed by atoms with Crippen molar-refractivity contribution in [2.24, 2.45) is 0 Å². The van der Waals surface area contributed by atoms with E-state index in [9.17, 15) is 4.79 Å². The van der Waals surface area contributed by atoms with Crippen LogP contribution in [0.1, 0.15) is 32.6 Å². The maximum atomic E-state index is 12.7. The molecule has 4 rings (SSSR count). The normalized spacial score (nSPS) is 38.2. The molecule has 0 bridgehead atoms. The number of carbonyl (C=O) groups excluding carboxylic acids is 1. The summed E-state index contributed by atoms with van der Waals surface area (Å²) in [5.74, 6) is -1.84. The monoisotopic (exact) mass is 369 g/mol. The van der Waals surface area contributed by atoms with Crippen molar-refractivity contribution in [2.75, 3.05) is 0 Å². The van der Waals surface area contributed by atoms with Gasteiger partial charge >= 0.3 is 0 Å². The lowest BCUT2D eigenvalue weighted by molar-refractivity contribution is -0.231. The Hall–Kier alpha value is -1.03. The van der Waals surface area contributed by atoms with E-state index in [4.69, 9.17) is 23.7 Å². The molecule has 25 heavy (non-hydrogen) atoms. The molecule has 3 aliphatic heterocycles. The van der Waals surface area contributed by atoms with Crippen molar-refractivity contribution in [3.05, 3.63) is 22.4 Å². The minimum atomic E-state index is -0.814. The minimum Gasteiger partial charge on any atom is -0.349 e. The van der Waals surface area contributed by atoms with Gasteiger partial charge in [-0.05, 0) is 39.1 Å². The molecule has 0 aromatic carbocycles. The highest BCUT2D eigenvalue weighted by molar-refractivity contribution is 7.09. The van der Waals surface area contributed by atoms with Crippen LogP contribution in [0.3, 0.4) is 0 Å². The quantitative estimate of drug-likeness (QED) is 0.875. The highest BCUT2D eigenvalue weighted by atomic mass is 32.1. The smallest absolute Gasteiger partial charge is 0.252 e. The molecule has 8 heteroatoms. The van der Waals surface area contributed by atoms with E-state index in [0.29, 0.717) is 6.54 Å². The average molecular weight is 369 g/mol. The third-order valence-corrected chi connectivity index (χ3v) is 5.31. The zero-order valence-electron chi connectivity index (χ0n) is 14.7. The molecule has 0 spiro atoms. The molecule has 0 aliphatic carbocycles. The number of rotatable bonds is 3. The topological polar surface area (TPSA) is 75.3 Å². The SMILES string of the molecule is CC1(C)O[C@@H]2[C@@H](O1)[C@H](C(=O)NCc1cccs1)O[C@H]1OC(C)(C)O[C@@H]12. The van der Waals surface area contributed by atoms with E-state index in [1.165, 1.54) is 0 Å². The number of nitrogens with one attached hydrogen (secondary N) is 1. The molecule has 1 amide bonds. The molecule has 1 N–H and O–H groups in total. The number of fused-ring (bicyclic) bond motifs is 3. The fourth-order valence-electron chi connectivity index (χ4n) is 3.51. The Labute approximate surface area is 150 Å². The highest BCUT2D eigenvalue weighted by Crippen LogP contribution is 2.44. The van der Waals surface area contributed by atoms with Gasteiger partial charge < -0.3 is 29.0 Å². The van der Waals surface area contributed by atoms with Crippen molar-refractivity contribution < 1.29 is 28.5 Å². The van der Waals surface area contributed by atoms with Crippen LogP contribution < -0.4 is 5.32 Å². The Balaban J connectivity index is 1.52. The molecule has 0 saturated carbocycles. The number of hydrogen-bond donors (Lipinski definition) is 1. The van der Waals surface area contributed by atoms with Crippen molar-refractivity contribution in [1.82, 2.24) is 5.32 Å². The second kappa shape index (κ2) is 6.00. The fourth-order valence-corrected chi connectivity index (χ4v) is 4.16. The van der Waals surface area contributed by atoms with E-state index in [-0.39, 0.29) is 5.91 Å². The molecule has 138 valence electrons. The fraction of sp³-hybridized carbons (Fsp3) is 0.706. The van der Waals surface area contributed by atoms with E-state index in [2.05, 4.69) is 5.32 Å². The summed E-state index contributed by atoms with van der Waals surface area (Å²) >= 11 is 1.59. The molecular formula is C17H23NO6S. The summed E-state index contributed by atoms with van der Waals surface area (Å²) in [6.07, 6.45) is -2.87. The van der Waals surface area contributed by atoms with Crippen LogP contribution in [0.25, 0.3) is 0 Å². The molecule has 5 atom stereocenters. The first-order valence-electron chi connectivity index (χ1n) is 8.41. The van der Waals surface area contributed by atoms with Gasteiger partial charge in [-0.1, -0.05) is 6.07 Å². The van der Waals surface area contributed by atoms with E-state index < -0.39 is 42.3 Å². The van der Waals surface area contributed by atoms with E-state index in [0.717, 1.165) is 4.88 Å². The van der Waals surface area contributed by atoms with Crippen LogP contribution in [0.2, 0.25) is 0 Å². The van der Waals surface area contributed by atoms with Gasteiger partial charge in [-0.15, -0.1) is 11.3 Å².